The molecule has 0 aliphatic carbocycles. The number of carboxylic acid groups (broad SMARTS) is 2. The molecule has 2 amide bonds. The second-order valence-corrected chi connectivity index (χ2v) is 5.35. The fourth-order valence-electron chi connectivity index (χ4n) is 2.08. The number of nitrogens with one attached hydrogen (secondary N) is 2. The van der Waals surface area contributed by atoms with E-state index in [4.69, 9.17) is 15.9 Å². The molecule has 0 fully saturated rings. The Labute approximate surface area is 135 Å². The highest BCUT2D eigenvalue weighted by Crippen LogP contribution is 2.08. The number of hydrogen-bond acceptors (Lipinski definition) is 5. The molecule has 134 valence electrons. The third kappa shape index (κ3) is 13.5. The Morgan fingerprint density at radius 1 is 0.957 bits per heavy atom. The number of carbonyl (C=O) groups is 3. The Hall–Kier alpha value is -1.87. The highest BCUT2D eigenvalue weighted by Gasteiger charge is 2.19. The lowest BCUT2D eigenvalue weighted by Crippen LogP contribution is -2.43. The molecule has 0 aromatic carbocycles. The number of amides is 2. The SMILES string of the molecule is NC(=O)NCCCC(NC(O)CCCCCCC(=O)O)C(=O)O. The highest BCUT2D eigenvalue weighted by atomic mass is 16.4. The number of aliphatic hydroxyl groups excluding tert-OH is 1. The molecule has 0 aromatic rings. The molecule has 0 heterocycles. The maximum absolute atomic E-state index is 11.1. The van der Waals surface area contributed by atoms with Crippen molar-refractivity contribution in [3.8, 4) is 0 Å². The number of carboxylic acids is 2. The zero-order chi connectivity index (χ0) is 17.7. The van der Waals surface area contributed by atoms with Gasteiger partial charge in [0.05, 0.1) is 0 Å². The third-order valence-electron chi connectivity index (χ3n) is 3.28. The van der Waals surface area contributed by atoms with Crippen molar-refractivity contribution < 1.29 is 29.7 Å². The summed E-state index contributed by atoms with van der Waals surface area (Å²) in [6.45, 7) is 0.278. The molecule has 0 aliphatic rings. The van der Waals surface area contributed by atoms with Crippen molar-refractivity contribution in [2.75, 3.05) is 6.54 Å². The van der Waals surface area contributed by atoms with Crippen LogP contribution >= 0.6 is 0 Å². The number of urea groups is 1. The van der Waals surface area contributed by atoms with Crippen LogP contribution in [0.2, 0.25) is 0 Å². The number of aliphatic hydroxyl groups is 1. The largest absolute Gasteiger partial charge is 0.481 e. The van der Waals surface area contributed by atoms with Crippen LogP contribution in [0.25, 0.3) is 0 Å². The second kappa shape index (κ2) is 12.7. The number of nitrogens with two attached hydrogens (primary N) is 1. The van der Waals surface area contributed by atoms with E-state index in [9.17, 15) is 19.5 Å². The van der Waals surface area contributed by atoms with E-state index >= 15 is 0 Å². The monoisotopic (exact) mass is 333 g/mol. The van der Waals surface area contributed by atoms with E-state index in [0.717, 1.165) is 12.8 Å². The molecule has 9 heteroatoms. The molecule has 0 saturated carbocycles. The first-order valence-corrected chi connectivity index (χ1v) is 7.75. The molecule has 0 radical (unpaired) electrons. The quantitative estimate of drug-likeness (QED) is 0.196. The first-order chi connectivity index (χ1) is 10.8. The molecule has 0 aromatic heterocycles. The van der Waals surface area contributed by atoms with E-state index in [-0.39, 0.29) is 19.4 Å². The van der Waals surface area contributed by atoms with Gasteiger partial charge >= 0.3 is 18.0 Å². The molecule has 2 unspecified atom stereocenters. The summed E-state index contributed by atoms with van der Waals surface area (Å²) in [6, 6.07) is -1.56. The van der Waals surface area contributed by atoms with Crippen LogP contribution in [0.1, 0.15) is 51.4 Å². The van der Waals surface area contributed by atoms with Gasteiger partial charge in [-0.2, -0.15) is 0 Å². The molecule has 7 N–H and O–H groups in total. The predicted octanol–water partition coefficient (Wildman–Crippen LogP) is 0.221. The van der Waals surface area contributed by atoms with Gasteiger partial charge in [-0.3, -0.25) is 14.9 Å². The van der Waals surface area contributed by atoms with Crippen molar-refractivity contribution in [2.24, 2.45) is 5.73 Å². The Morgan fingerprint density at radius 2 is 1.61 bits per heavy atom. The van der Waals surface area contributed by atoms with Crippen LogP contribution in [0.3, 0.4) is 0 Å². The van der Waals surface area contributed by atoms with Crippen LogP contribution in [-0.2, 0) is 9.59 Å². The third-order valence-corrected chi connectivity index (χ3v) is 3.28. The van der Waals surface area contributed by atoms with Gasteiger partial charge in [-0.05, 0) is 32.1 Å². The lowest BCUT2D eigenvalue weighted by molar-refractivity contribution is -0.141. The summed E-state index contributed by atoms with van der Waals surface area (Å²) in [7, 11) is 0. The van der Waals surface area contributed by atoms with Crippen molar-refractivity contribution in [2.45, 2.75) is 63.6 Å². The molecule has 0 spiro atoms. The Balaban J connectivity index is 3.83. The average Bonchev–Trinajstić information content (AvgIpc) is 2.45. The summed E-state index contributed by atoms with van der Waals surface area (Å²) in [5, 5.41) is 32.4. The lowest BCUT2D eigenvalue weighted by atomic mass is 10.1. The number of unbranched alkanes of at least 4 members (excludes halogenated alkanes) is 3. The molecular weight excluding hydrogens is 306 g/mol. The fourth-order valence-corrected chi connectivity index (χ4v) is 2.08. The molecule has 0 saturated heterocycles. The van der Waals surface area contributed by atoms with Gasteiger partial charge in [-0.1, -0.05) is 12.8 Å². The second-order valence-electron chi connectivity index (χ2n) is 5.35. The van der Waals surface area contributed by atoms with Gasteiger partial charge in [0.1, 0.15) is 12.3 Å². The van der Waals surface area contributed by atoms with Gasteiger partial charge in [0.25, 0.3) is 0 Å². The van der Waals surface area contributed by atoms with Crippen LogP contribution in [0.5, 0.6) is 0 Å². The minimum atomic E-state index is -1.07. The summed E-state index contributed by atoms with van der Waals surface area (Å²) in [6.07, 6.45) is 3.12. The highest BCUT2D eigenvalue weighted by molar-refractivity contribution is 5.73. The first kappa shape index (κ1) is 21.1. The Morgan fingerprint density at radius 3 is 2.17 bits per heavy atom. The molecular formula is C14H27N3O6. The lowest BCUT2D eigenvalue weighted by Gasteiger charge is -2.19. The van der Waals surface area contributed by atoms with Crippen LogP contribution in [0, 0.1) is 0 Å². The minimum absolute atomic E-state index is 0.140. The van der Waals surface area contributed by atoms with Crippen LogP contribution in [-0.4, -0.2) is 52.1 Å². The van der Waals surface area contributed by atoms with E-state index in [1.807, 2.05) is 0 Å². The van der Waals surface area contributed by atoms with Gasteiger partial charge in [0, 0.05) is 13.0 Å². The van der Waals surface area contributed by atoms with Gasteiger partial charge in [-0.15, -0.1) is 0 Å². The van der Waals surface area contributed by atoms with Crippen molar-refractivity contribution in [3.05, 3.63) is 0 Å². The van der Waals surface area contributed by atoms with E-state index in [1.165, 1.54) is 0 Å². The summed E-state index contributed by atoms with van der Waals surface area (Å²) in [4.78, 5) is 31.9. The maximum atomic E-state index is 11.1. The van der Waals surface area contributed by atoms with Crippen LogP contribution in [0.15, 0.2) is 0 Å². The summed E-state index contributed by atoms with van der Waals surface area (Å²) in [5.74, 6) is -1.88. The summed E-state index contributed by atoms with van der Waals surface area (Å²) < 4.78 is 0. The van der Waals surface area contributed by atoms with Crippen molar-refractivity contribution in [1.82, 2.24) is 10.6 Å². The van der Waals surface area contributed by atoms with Gasteiger partial charge in [-0.25, -0.2) is 4.79 Å². The zero-order valence-electron chi connectivity index (χ0n) is 13.2. The smallest absolute Gasteiger partial charge is 0.320 e. The van der Waals surface area contributed by atoms with E-state index in [2.05, 4.69) is 10.6 Å². The van der Waals surface area contributed by atoms with E-state index in [1.54, 1.807) is 0 Å². The van der Waals surface area contributed by atoms with E-state index in [0.29, 0.717) is 25.7 Å². The van der Waals surface area contributed by atoms with Crippen LogP contribution in [0.4, 0.5) is 4.79 Å². The van der Waals surface area contributed by atoms with Crippen molar-refractivity contribution in [3.63, 3.8) is 0 Å². The fraction of sp³-hybridized carbons (Fsp3) is 0.786. The Kier molecular flexibility index (Phi) is 11.6. The van der Waals surface area contributed by atoms with Crippen LogP contribution < -0.4 is 16.4 Å². The summed E-state index contributed by atoms with van der Waals surface area (Å²) >= 11 is 0. The Bertz CT molecular complexity index is 378. The maximum Gasteiger partial charge on any atom is 0.320 e. The van der Waals surface area contributed by atoms with Crippen molar-refractivity contribution >= 4 is 18.0 Å². The zero-order valence-corrected chi connectivity index (χ0v) is 13.2. The number of hydrogen-bond donors (Lipinski definition) is 6. The van der Waals surface area contributed by atoms with E-state index < -0.39 is 30.2 Å². The van der Waals surface area contributed by atoms with Gasteiger partial charge in [0.15, 0.2) is 0 Å². The molecule has 0 rings (SSSR count). The van der Waals surface area contributed by atoms with Gasteiger partial charge < -0.3 is 26.4 Å². The molecule has 0 bridgehead atoms. The molecule has 23 heavy (non-hydrogen) atoms. The predicted molar refractivity (Wildman–Crippen MR) is 82.7 cm³/mol. The van der Waals surface area contributed by atoms with Gasteiger partial charge in [0.2, 0.25) is 0 Å². The standard InChI is InChI=1S/C14H27N3O6/c15-14(23)16-9-5-6-10(13(21)22)17-11(18)7-3-1-2-4-8-12(19)20/h10-11,17-18H,1-9H2,(H,19,20)(H,21,22)(H3,15,16,23). The molecule has 2 atom stereocenters. The number of aliphatic carboxylic acids is 2. The normalized spacial score (nSPS) is 13.3. The summed E-state index contributed by atoms with van der Waals surface area (Å²) in [5.41, 5.74) is 4.90. The minimum Gasteiger partial charge on any atom is -0.481 e. The number of rotatable bonds is 14. The average molecular weight is 333 g/mol. The molecule has 9 nitrogen and oxygen atoms in total. The number of primary amides is 1. The topological polar surface area (TPSA) is 162 Å². The van der Waals surface area contributed by atoms with Crippen molar-refractivity contribution in [1.29, 1.82) is 0 Å². The first-order valence-electron chi connectivity index (χ1n) is 7.75. The number of carbonyl (C=O) groups excluding carboxylic acids is 1. The molecule has 0 aliphatic heterocycles.